The van der Waals surface area contributed by atoms with Gasteiger partial charge < -0.3 is 5.32 Å². The lowest BCUT2D eigenvalue weighted by Crippen LogP contribution is -1.90. The Morgan fingerprint density at radius 2 is 1.74 bits per heavy atom. The van der Waals surface area contributed by atoms with Gasteiger partial charge in [0.25, 0.3) is 0 Å². The van der Waals surface area contributed by atoms with Crippen molar-refractivity contribution >= 4 is 32.9 Å². The number of benzene rings is 3. The van der Waals surface area contributed by atoms with Crippen molar-refractivity contribution in [3.63, 3.8) is 0 Å². The fraction of sp³-hybridized carbons (Fsp3) is 0. The average molecular weight is 320 g/mol. The van der Waals surface area contributed by atoms with E-state index in [9.17, 15) is 4.39 Å². The first-order valence-electron chi connectivity index (χ1n) is 7.25. The molecule has 1 heterocycles. The molecule has 0 spiro atoms. The summed E-state index contributed by atoms with van der Waals surface area (Å²) < 4.78 is 13.2. The normalized spacial score (nSPS) is 10.8. The van der Waals surface area contributed by atoms with Crippen LogP contribution in [0.2, 0.25) is 0 Å². The number of nitrogens with one attached hydrogen (secondary N) is 1. The zero-order valence-electron chi connectivity index (χ0n) is 12.2. The minimum absolute atomic E-state index is 0.263. The molecule has 0 radical (unpaired) electrons. The van der Waals surface area contributed by atoms with Crippen LogP contribution < -0.4 is 5.32 Å². The van der Waals surface area contributed by atoms with Crippen LogP contribution in [0.25, 0.3) is 22.0 Å². The number of hydrogen-bond donors (Lipinski definition) is 1. The number of halogens is 1. The minimum Gasteiger partial charge on any atom is -0.331 e. The Morgan fingerprint density at radius 3 is 2.61 bits per heavy atom. The predicted octanol–water partition coefficient (Wildman–Crippen LogP) is 5.85. The molecule has 1 aromatic heterocycles. The highest BCUT2D eigenvalue weighted by molar-refractivity contribution is 7.14. The molecule has 112 valence electrons. The van der Waals surface area contributed by atoms with Crippen LogP contribution in [0.1, 0.15) is 0 Å². The summed E-state index contributed by atoms with van der Waals surface area (Å²) in [5.41, 5.74) is 2.69. The second-order valence-corrected chi connectivity index (χ2v) is 6.09. The van der Waals surface area contributed by atoms with Crippen molar-refractivity contribution in [3.8, 4) is 11.3 Å². The SMILES string of the molecule is Fc1cccc(Nc2nc(-c3ccc4ccccc4c3)cs2)c1. The highest BCUT2D eigenvalue weighted by atomic mass is 32.1. The third-order valence-electron chi connectivity index (χ3n) is 3.63. The third-order valence-corrected chi connectivity index (χ3v) is 4.38. The molecule has 1 N–H and O–H groups in total. The molecule has 0 amide bonds. The lowest BCUT2D eigenvalue weighted by atomic mass is 10.1. The molecular weight excluding hydrogens is 307 g/mol. The molecule has 0 saturated carbocycles. The Hall–Kier alpha value is -2.72. The molecule has 4 aromatic rings. The third kappa shape index (κ3) is 2.94. The molecule has 0 fully saturated rings. The number of hydrogen-bond acceptors (Lipinski definition) is 3. The standard InChI is InChI=1S/C19H13FN2S/c20-16-6-3-7-17(11-16)21-19-22-18(12-23-19)15-9-8-13-4-1-2-5-14(13)10-15/h1-12H,(H,21,22). The summed E-state index contributed by atoms with van der Waals surface area (Å²) in [7, 11) is 0. The highest BCUT2D eigenvalue weighted by Crippen LogP contribution is 2.29. The molecule has 3 aromatic carbocycles. The minimum atomic E-state index is -0.263. The molecule has 2 nitrogen and oxygen atoms in total. The van der Waals surface area contributed by atoms with E-state index in [4.69, 9.17) is 0 Å². The molecule has 0 atom stereocenters. The van der Waals surface area contributed by atoms with Gasteiger partial charge in [0.2, 0.25) is 0 Å². The van der Waals surface area contributed by atoms with E-state index >= 15 is 0 Å². The van der Waals surface area contributed by atoms with Gasteiger partial charge in [0.1, 0.15) is 5.82 Å². The lowest BCUT2D eigenvalue weighted by Gasteiger charge is -2.02. The van der Waals surface area contributed by atoms with Gasteiger partial charge in [-0.2, -0.15) is 0 Å². The summed E-state index contributed by atoms with van der Waals surface area (Å²) in [4.78, 5) is 4.60. The van der Waals surface area contributed by atoms with Crippen LogP contribution in [-0.4, -0.2) is 4.98 Å². The molecule has 0 bridgehead atoms. The Labute approximate surface area is 137 Å². The average Bonchev–Trinajstić information content (AvgIpc) is 3.03. The summed E-state index contributed by atoms with van der Waals surface area (Å²) in [6.45, 7) is 0. The van der Waals surface area contributed by atoms with Crippen molar-refractivity contribution in [3.05, 3.63) is 77.9 Å². The van der Waals surface area contributed by atoms with Crippen LogP contribution >= 0.6 is 11.3 Å². The number of thiazole rings is 1. The van der Waals surface area contributed by atoms with Crippen molar-refractivity contribution in [1.29, 1.82) is 0 Å². The van der Waals surface area contributed by atoms with Crippen LogP contribution in [-0.2, 0) is 0 Å². The summed E-state index contributed by atoms with van der Waals surface area (Å²) in [6.07, 6.45) is 0. The zero-order chi connectivity index (χ0) is 15.6. The van der Waals surface area contributed by atoms with E-state index < -0.39 is 0 Å². The maximum atomic E-state index is 13.2. The molecule has 4 rings (SSSR count). The van der Waals surface area contributed by atoms with Gasteiger partial charge in [-0.1, -0.05) is 42.5 Å². The summed E-state index contributed by atoms with van der Waals surface area (Å²) >= 11 is 1.51. The predicted molar refractivity (Wildman–Crippen MR) is 94.7 cm³/mol. The summed E-state index contributed by atoms with van der Waals surface area (Å²) in [5, 5.41) is 8.30. The first-order valence-corrected chi connectivity index (χ1v) is 8.13. The van der Waals surface area contributed by atoms with Gasteiger partial charge in [-0.05, 0) is 35.0 Å². The molecular formula is C19H13FN2S. The highest BCUT2D eigenvalue weighted by Gasteiger charge is 2.06. The molecule has 0 aliphatic rings. The van der Waals surface area contributed by atoms with Gasteiger partial charge in [0.05, 0.1) is 5.69 Å². The quantitative estimate of drug-likeness (QED) is 0.512. The Bertz CT molecular complexity index is 978. The Kier molecular flexibility index (Phi) is 3.52. The van der Waals surface area contributed by atoms with Crippen LogP contribution in [0.3, 0.4) is 0 Å². The van der Waals surface area contributed by atoms with Crippen molar-refractivity contribution in [2.75, 3.05) is 5.32 Å². The first kappa shape index (κ1) is 13.9. The van der Waals surface area contributed by atoms with Crippen molar-refractivity contribution in [2.24, 2.45) is 0 Å². The second kappa shape index (κ2) is 5.82. The van der Waals surface area contributed by atoms with Gasteiger partial charge in [0, 0.05) is 16.6 Å². The second-order valence-electron chi connectivity index (χ2n) is 5.24. The fourth-order valence-electron chi connectivity index (χ4n) is 2.50. The monoisotopic (exact) mass is 320 g/mol. The van der Waals surface area contributed by atoms with Crippen LogP contribution in [0.15, 0.2) is 72.1 Å². The number of fused-ring (bicyclic) bond motifs is 1. The van der Waals surface area contributed by atoms with E-state index in [2.05, 4.69) is 40.6 Å². The first-order chi connectivity index (χ1) is 11.3. The molecule has 0 unspecified atom stereocenters. The molecule has 0 aliphatic carbocycles. The summed E-state index contributed by atoms with van der Waals surface area (Å²) in [5.74, 6) is -0.263. The zero-order valence-corrected chi connectivity index (χ0v) is 13.0. The largest absolute Gasteiger partial charge is 0.331 e. The smallest absolute Gasteiger partial charge is 0.187 e. The molecule has 4 heteroatoms. The fourth-order valence-corrected chi connectivity index (χ4v) is 3.24. The maximum absolute atomic E-state index is 13.2. The number of rotatable bonds is 3. The van der Waals surface area contributed by atoms with Gasteiger partial charge in [-0.3, -0.25) is 0 Å². The lowest BCUT2D eigenvalue weighted by molar-refractivity contribution is 0.628. The van der Waals surface area contributed by atoms with Crippen molar-refractivity contribution in [2.45, 2.75) is 0 Å². The van der Waals surface area contributed by atoms with Gasteiger partial charge in [0.15, 0.2) is 5.13 Å². The van der Waals surface area contributed by atoms with E-state index in [-0.39, 0.29) is 5.82 Å². The van der Waals surface area contributed by atoms with E-state index in [0.29, 0.717) is 5.69 Å². The summed E-state index contributed by atoms with van der Waals surface area (Å²) in [6, 6.07) is 20.9. The number of aromatic nitrogens is 1. The van der Waals surface area contributed by atoms with Crippen molar-refractivity contribution in [1.82, 2.24) is 4.98 Å². The number of nitrogens with zero attached hydrogens (tertiary/aromatic N) is 1. The topological polar surface area (TPSA) is 24.9 Å². The molecule has 0 aliphatic heterocycles. The van der Waals surface area contributed by atoms with Crippen LogP contribution in [0.5, 0.6) is 0 Å². The van der Waals surface area contributed by atoms with Crippen LogP contribution in [0, 0.1) is 5.82 Å². The Morgan fingerprint density at radius 1 is 0.870 bits per heavy atom. The molecule has 23 heavy (non-hydrogen) atoms. The van der Waals surface area contributed by atoms with E-state index in [0.717, 1.165) is 16.4 Å². The van der Waals surface area contributed by atoms with Gasteiger partial charge in [-0.25, -0.2) is 9.37 Å². The van der Waals surface area contributed by atoms with Gasteiger partial charge in [-0.15, -0.1) is 11.3 Å². The maximum Gasteiger partial charge on any atom is 0.187 e. The Balaban J connectivity index is 1.63. The van der Waals surface area contributed by atoms with Gasteiger partial charge >= 0.3 is 0 Å². The van der Waals surface area contributed by atoms with E-state index in [1.54, 1.807) is 6.07 Å². The van der Waals surface area contributed by atoms with E-state index in [1.165, 1.54) is 34.2 Å². The van der Waals surface area contributed by atoms with Crippen molar-refractivity contribution < 1.29 is 4.39 Å². The number of anilines is 2. The van der Waals surface area contributed by atoms with Crippen LogP contribution in [0.4, 0.5) is 15.2 Å². The van der Waals surface area contributed by atoms with E-state index in [1.807, 2.05) is 23.6 Å². The molecule has 0 saturated heterocycles.